The number of hydroxylamine groups is 1. The van der Waals surface area contributed by atoms with E-state index >= 15 is 0 Å². The number of phenolic OH excluding ortho intramolecular Hbond substituents is 1. The van der Waals surface area contributed by atoms with Crippen LogP contribution in [0.3, 0.4) is 0 Å². The molecular weight excluding hydrogens is 189 g/mol. The number of aromatic hydroxyl groups is 1. The molecule has 1 rings (SSSR count). The highest BCUT2D eigenvalue weighted by atomic mass is 19.1. The minimum absolute atomic E-state index is 0.0279. The highest BCUT2D eigenvalue weighted by Gasteiger charge is 2.11. The fourth-order valence-corrected chi connectivity index (χ4v) is 0.889. The van der Waals surface area contributed by atoms with Crippen LogP contribution >= 0.6 is 0 Å². The third-order valence-corrected chi connectivity index (χ3v) is 1.51. The molecule has 0 radical (unpaired) electrons. The van der Waals surface area contributed by atoms with Crippen LogP contribution in [-0.2, 0) is 4.84 Å². The van der Waals surface area contributed by atoms with E-state index in [-0.39, 0.29) is 5.56 Å². The van der Waals surface area contributed by atoms with Gasteiger partial charge in [-0.1, -0.05) is 0 Å². The number of halogens is 1. The van der Waals surface area contributed by atoms with Crippen LogP contribution < -0.4 is 5.48 Å². The van der Waals surface area contributed by atoms with Gasteiger partial charge in [-0.2, -0.15) is 0 Å². The van der Waals surface area contributed by atoms with Crippen molar-refractivity contribution in [3.8, 4) is 5.75 Å². The number of benzene rings is 1. The Labute approximate surface area is 80.3 Å². The summed E-state index contributed by atoms with van der Waals surface area (Å²) in [6, 6.07) is 3.13. The number of amides is 1. The summed E-state index contributed by atoms with van der Waals surface area (Å²) >= 11 is 0. The summed E-state index contributed by atoms with van der Waals surface area (Å²) in [5, 5.41) is 9.20. The van der Waals surface area contributed by atoms with Crippen molar-refractivity contribution in [2.45, 2.75) is 6.92 Å². The number of phenols is 1. The molecule has 14 heavy (non-hydrogen) atoms. The molecule has 0 saturated heterocycles. The third kappa shape index (κ3) is 2.43. The van der Waals surface area contributed by atoms with Crippen molar-refractivity contribution in [3.63, 3.8) is 0 Å². The summed E-state index contributed by atoms with van der Waals surface area (Å²) in [6.07, 6.45) is 0. The first kappa shape index (κ1) is 10.5. The quantitative estimate of drug-likeness (QED) is 0.719. The summed E-state index contributed by atoms with van der Waals surface area (Å²) in [5.74, 6) is -1.62. The fourth-order valence-electron chi connectivity index (χ4n) is 0.889. The molecule has 0 aliphatic rings. The van der Waals surface area contributed by atoms with Gasteiger partial charge in [0, 0.05) is 6.07 Å². The van der Waals surface area contributed by atoms with Gasteiger partial charge in [0.1, 0.15) is 11.6 Å². The maximum atomic E-state index is 12.5. The number of carbonyl (C=O) groups is 1. The molecule has 0 unspecified atom stereocenters. The van der Waals surface area contributed by atoms with Gasteiger partial charge in [0.05, 0.1) is 12.2 Å². The normalized spacial score (nSPS) is 9.86. The van der Waals surface area contributed by atoms with Gasteiger partial charge in [0.2, 0.25) is 0 Å². The first-order chi connectivity index (χ1) is 6.65. The lowest BCUT2D eigenvalue weighted by atomic mass is 10.2. The largest absolute Gasteiger partial charge is 0.507 e. The minimum atomic E-state index is -0.607. The second-order valence-electron chi connectivity index (χ2n) is 2.53. The topological polar surface area (TPSA) is 58.6 Å². The van der Waals surface area contributed by atoms with Crippen molar-refractivity contribution in [2.75, 3.05) is 6.61 Å². The van der Waals surface area contributed by atoms with Crippen LogP contribution in [0.1, 0.15) is 17.3 Å². The van der Waals surface area contributed by atoms with Crippen LogP contribution in [0.2, 0.25) is 0 Å². The molecule has 0 aliphatic heterocycles. The van der Waals surface area contributed by atoms with Gasteiger partial charge in [0.15, 0.2) is 0 Å². The molecule has 0 bridgehead atoms. The van der Waals surface area contributed by atoms with Gasteiger partial charge < -0.3 is 5.11 Å². The number of carbonyl (C=O) groups excluding carboxylic acids is 1. The Bertz CT molecular complexity index is 341. The first-order valence-electron chi connectivity index (χ1n) is 4.05. The predicted molar refractivity (Wildman–Crippen MR) is 47.2 cm³/mol. The third-order valence-electron chi connectivity index (χ3n) is 1.51. The van der Waals surface area contributed by atoms with E-state index in [9.17, 15) is 14.3 Å². The van der Waals surface area contributed by atoms with Crippen LogP contribution in [0, 0.1) is 5.82 Å². The van der Waals surface area contributed by atoms with E-state index in [2.05, 4.69) is 10.3 Å². The maximum absolute atomic E-state index is 12.5. The summed E-state index contributed by atoms with van der Waals surface area (Å²) in [5.41, 5.74) is 2.06. The average Bonchev–Trinajstić information content (AvgIpc) is 2.14. The smallest absolute Gasteiger partial charge is 0.278 e. The second-order valence-corrected chi connectivity index (χ2v) is 2.53. The summed E-state index contributed by atoms with van der Waals surface area (Å²) in [4.78, 5) is 15.8. The van der Waals surface area contributed by atoms with Crippen molar-refractivity contribution in [3.05, 3.63) is 29.6 Å². The maximum Gasteiger partial charge on any atom is 0.278 e. The SMILES string of the molecule is CCONC(=O)c1ccc(F)cc1O. The molecule has 0 fully saturated rings. The number of hydrogen-bond donors (Lipinski definition) is 2. The second kappa shape index (κ2) is 4.57. The minimum Gasteiger partial charge on any atom is -0.507 e. The van der Waals surface area contributed by atoms with Crippen molar-refractivity contribution in [2.24, 2.45) is 0 Å². The summed E-state index contributed by atoms with van der Waals surface area (Å²) < 4.78 is 12.5. The van der Waals surface area contributed by atoms with E-state index in [0.717, 1.165) is 12.1 Å². The molecule has 4 nitrogen and oxygen atoms in total. The van der Waals surface area contributed by atoms with Gasteiger partial charge in [-0.15, -0.1) is 0 Å². The Hall–Kier alpha value is -1.62. The van der Waals surface area contributed by atoms with Crippen molar-refractivity contribution >= 4 is 5.91 Å². The van der Waals surface area contributed by atoms with Gasteiger partial charge in [-0.3, -0.25) is 9.63 Å². The molecule has 1 aromatic carbocycles. The Morgan fingerprint density at radius 3 is 2.93 bits per heavy atom. The lowest BCUT2D eigenvalue weighted by Gasteiger charge is -2.05. The van der Waals surface area contributed by atoms with Crippen molar-refractivity contribution in [1.82, 2.24) is 5.48 Å². The molecule has 2 N–H and O–H groups in total. The zero-order valence-electron chi connectivity index (χ0n) is 7.58. The van der Waals surface area contributed by atoms with E-state index < -0.39 is 17.5 Å². The Kier molecular flexibility index (Phi) is 3.41. The molecule has 5 heteroatoms. The van der Waals surface area contributed by atoms with Crippen LogP contribution in [0.15, 0.2) is 18.2 Å². The van der Waals surface area contributed by atoms with E-state index in [1.54, 1.807) is 6.92 Å². The number of rotatable bonds is 3. The van der Waals surface area contributed by atoms with E-state index in [4.69, 9.17) is 0 Å². The molecule has 1 amide bonds. The Morgan fingerprint density at radius 1 is 1.64 bits per heavy atom. The molecule has 1 aromatic rings. The van der Waals surface area contributed by atoms with Crippen LogP contribution in [0.25, 0.3) is 0 Å². The molecule has 76 valence electrons. The highest BCUT2D eigenvalue weighted by Crippen LogP contribution is 2.17. The van der Waals surface area contributed by atoms with E-state index in [1.165, 1.54) is 6.07 Å². The Morgan fingerprint density at radius 2 is 2.36 bits per heavy atom. The van der Waals surface area contributed by atoms with Gasteiger partial charge in [0.25, 0.3) is 5.91 Å². The number of hydrogen-bond acceptors (Lipinski definition) is 3. The Balaban J connectivity index is 2.80. The summed E-state index contributed by atoms with van der Waals surface area (Å²) in [7, 11) is 0. The molecule has 0 saturated carbocycles. The molecule has 0 spiro atoms. The van der Waals surface area contributed by atoms with Gasteiger partial charge in [-0.05, 0) is 19.1 Å². The summed E-state index contributed by atoms with van der Waals surface area (Å²) in [6.45, 7) is 2.01. The first-order valence-corrected chi connectivity index (χ1v) is 4.05. The predicted octanol–water partition coefficient (Wildman–Crippen LogP) is 1.21. The highest BCUT2D eigenvalue weighted by molar-refractivity contribution is 5.96. The monoisotopic (exact) mass is 199 g/mol. The van der Waals surface area contributed by atoms with Crippen LogP contribution in [-0.4, -0.2) is 17.6 Å². The fraction of sp³-hybridized carbons (Fsp3) is 0.222. The van der Waals surface area contributed by atoms with Crippen molar-refractivity contribution < 1.29 is 19.1 Å². The molecular formula is C9H10FNO3. The van der Waals surface area contributed by atoms with E-state index in [0.29, 0.717) is 6.61 Å². The standard InChI is InChI=1S/C9H10FNO3/c1-2-14-11-9(13)7-4-3-6(10)5-8(7)12/h3-5,12H,2H2,1H3,(H,11,13). The van der Waals surface area contributed by atoms with Gasteiger partial charge >= 0.3 is 0 Å². The zero-order chi connectivity index (χ0) is 10.6. The average molecular weight is 199 g/mol. The van der Waals surface area contributed by atoms with E-state index in [1.807, 2.05) is 0 Å². The number of nitrogens with one attached hydrogen (secondary N) is 1. The zero-order valence-corrected chi connectivity index (χ0v) is 7.58. The molecule has 0 aromatic heterocycles. The lowest BCUT2D eigenvalue weighted by Crippen LogP contribution is -2.23. The van der Waals surface area contributed by atoms with Gasteiger partial charge in [-0.25, -0.2) is 9.87 Å². The van der Waals surface area contributed by atoms with Crippen molar-refractivity contribution in [1.29, 1.82) is 0 Å². The molecule has 0 heterocycles. The molecule has 0 aliphatic carbocycles. The van der Waals surface area contributed by atoms with Crippen LogP contribution in [0.4, 0.5) is 4.39 Å². The lowest BCUT2D eigenvalue weighted by molar-refractivity contribution is 0.0362. The van der Waals surface area contributed by atoms with Crippen LogP contribution in [0.5, 0.6) is 5.75 Å². The molecule has 0 atom stereocenters.